The summed E-state index contributed by atoms with van der Waals surface area (Å²) in [6, 6.07) is 0. The molecule has 0 aromatic heterocycles. The van der Waals surface area contributed by atoms with Crippen molar-refractivity contribution in [2.45, 2.75) is 85.5 Å². The van der Waals surface area contributed by atoms with Gasteiger partial charge in [-0.1, -0.05) is 90.2 Å². The van der Waals surface area contributed by atoms with Crippen LogP contribution in [0, 0.1) is 41.4 Å². The molecule has 3 aliphatic carbocycles. The summed E-state index contributed by atoms with van der Waals surface area (Å²) in [5, 5.41) is 0. The molecule has 1 saturated carbocycles. The van der Waals surface area contributed by atoms with Gasteiger partial charge in [0.2, 0.25) is 0 Å². The van der Waals surface area contributed by atoms with Crippen molar-refractivity contribution in [3.05, 3.63) is 23.8 Å². The lowest BCUT2D eigenvalue weighted by molar-refractivity contribution is 0.244. The van der Waals surface area contributed by atoms with Crippen LogP contribution in [-0.4, -0.2) is 4.86 Å². The van der Waals surface area contributed by atoms with E-state index in [0.29, 0.717) is 11.8 Å². The lowest BCUT2D eigenvalue weighted by Crippen LogP contribution is -2.28. The number of thiocarbonyl (C=S) groups is 1. The molecule has 0 nitrogen and oxygen atoms in total. The fraction of sp³-hybridized carbons (Fsp3) is 0.800. The van der Waals surface area contributed by atoms with Crippen molar-refractivity contribution in [3.63, 3.8) is 0 Å². The van der Waals surface area contributed by atoms with E-state index in [-0.39, 0.29) is 0 Å². The van der Waals surface area contributed by atoms with Gasteiger partial charge in [-0.2, -0.15) is 0 Å². The fourth-order valence-corrected chi connectivity index (χ4v) is 6.25. The van der Waals surface area contributed by atoms with Crippen molar-refractivity contribution in [3.8, 4) is 0 Å². The van der Waals surface area contributed by atoms with E-state index in [1.807, 2.05) is 0 Å². The number of allylic oxidation sites excluding steroid dienone is 4. The summed E-state index contributed by atoms with van der Waals surface area (Å²) in [5.74, 6) is 5.43. The highest BCUT2D eigenvalue weighted by Gasteiger charge is 2.45. The number of fused-ring (bicyclic) bond motifs is 3. The van der Waals surface area contributed by atoms with E-state index < -0.39 is 0 Å². The predicted octanol–water partition coefficient (Wildman–Crippen LogP) is 7.78. The molecule has 0 N–H and O–H groups in total. The Bertz CT molecular complexity index is 542. The zero-order valence-electron chi connectivity index (χ0n) is 17.5. The van der Waals surface area contributed by atoms with E-state index in [0.717, 1.165) is 29.6 Å². The monoisotopic (exact) mass is 372 g/mol. The van der Waals surface area contributed by atoms with Crippen LogP contribution in [0.25, 0.3) is 0 Å². The predicted molar refractivity (Wildman–Crippen MR) is 119 cm³/mol. The van der Waals surface area contributed by atoms with Gasteiger partial charge in [-0.05, 0) is 72.7 Å². The summed E-state index contributed by atoms with van der Waals surface area (Å²) in [6.07, 6.45) is 20.0. The van der Waals surface area contributed by atoms with Gasteiger partial charge in [0, 0.05) is 4.86 Å². The molecule has 1 fully saturated rings. The summed E-state index contributed by atoms with van der Waals surface area (Å²) in [6.45, 7) is 9.45. The molecule has 0 heterocycles. The molecule has 3 rings (SSSR count). The molecule has 0 aromatic rings. The Morgan fingerprint density at radius 1 is 1.08 bits per heavy atom. The van der Waals surface area contributed by atoms with Gasteiger partial charge in [0.05, 0.1) is 0 Å². The Hall–Kier alpha value is -0.430. The van der Waals surface area contributed by atoms with Crippen molar-refractivity contribution < 1.29 is 0 Å². The van der Waals surface area contributed by atoms with Gasteiger partial charge in [0.1, 0.15) is 0 Å². The topological polar surface area (TPSA) is 0 Å². The van der Waals surface area contributed by atoms with Gasteiger partial charge in [0.15, 0.2) is 0 Å². The fourth-order valence-electron chi connectivity index (χ4n) is 5.91. The molecule has 26 heavy (non-hydrogen) atoms. The third kappa shape index (κ3) is 4.18. The van der Waals surface area contributed by atoms with Crippen LogP contribution in [0.4, 0.5) is 0 Å². The van der Waals surface area contributed by atoms with Crippen molar-refractivity contribution >= 4 is 17.1 Å². The Kier molecular flexibility index (Phi) is 7.17. The average molecular weight is 373 g/mol. The van der Waals surface area contributed by atoms with Gasteiger partial charge in [-0.15, -0.1) is 0 Å². The summed E-state index contributed by atoms with van der Waals surface area (Å²) < 4.78 is 0. The molecule has 0 bridgehead atoms. The maximum Gasteiger partial charge on any atom is 0.0212 e. The van der Waals surface area contributed by atoms with E-state index in [2.05, 4.69) is 45.9 Å². The minimum atomic E-state index is 0.575. The molecule has 0 amide bonds. The first kappa shape index (κ1) is 20.3. The molecular weight excluding hydrogens is 332 g/mol. The van der Waals surface area contributed by atoms with Crippen LogP contribution in [-0.2, 0) is 0 Å². The molecule has 146 valence electrons. The highest BCUT2D eigenvalue weighted by Crippen LogP contribution is 2.53. The summed E-state index contributed by atoms with van der Waals surface area (Å²) in [4.78, 5) is 1.30. The van der Waals surface area contributed by atoms with Crippen LogP contribution in [0.5, 0.6) is 0 Å². The van der Waals surface area contributed by atoms with Crippen LogP contribution in [0.1, 0.15) is 85.5 Å². The summed E-state index contributed by atoms with van der Waals surface area (Å²) in [5.41, 5.74) is 1.57. The molecule has 0 saturated heterocycles. The first-order valence-electron chi connectivity index (χ1n) is 11.5. The second kappa shape index (κ2) is 9.18. The standard InChI is InChI=1S/C25H40S/c1-5-17(3)10-7-8-11-18(4)25(26)24-16-23-21-13-9-12-19(21)14-15-22(23)20(24)6-2/h14-23H,5-13H2,1-4H3. The Labute approximate surface area is 167 Å². The molecule has 1 heteroatoms. The quantitative estimate of drug-likeness (QED) is 0.226. The van der Waals surface area contributed by atoms with Gasteiger partial charge in [-0.25, -0.2) is 0 Å². The maximum absolute atomic E-state index is 6.05. The van der Waals surface area contributed by atoms with Crippen molar-refractivity contribution in [2.24, 2.45) is 41.4 Å². The highest BCUT2D eigenvalue weighted by atomic mass is 32.1. The number of rotatable bonds is 9. The molecule has 3 aliphatic rings. The normalized spacial score (nSPS) is 34.9. The van der Waals surface area contributed by atoms with Crippen molar-refractivity contribution in [2.75, 3.05) is 0 Å². The van der Waals surface area contributed by atoms with Crippen LogP contribution < -0.4 is 0 Å². The minimum Gasteiger partial charge on any atom is -0.0848 e. The molecule has 0 radical (unpaired) electrons. The van der Waals surface area contributed by atoms with Gasteiger partial charge < -0.3 is 0 Å². The van der Waals surface area contributed by atoms with Crippen LogP contribution >= 0.6 is 12.2 Å². The SMILES string of the molecule is CCC(C)CCCCC(C)C(=S)C1=CC2C(C=CC3CCCC32)C1CC. The number of unbranched alkanes of at least 4 members (excludes halogenated alkanes) is 1. The second-order valence-electron chi connectivity index (χ2n) is 9.50. The summed E-state index contributed by atoms with van der Waals surface area (Å²) >= 11 is 6.05. The third-order valence-electron chi connectivity index (χ3n) is 7.83. The van der Waals surface area contributed by atoms with Crippen LogP contribution in [0.2, 0.25) is 0 Å². The molecule has 0 spiro atoms. The largest absolute Gasteiger partial charge is 0.0848 e. The lowest BCUT2D eigenvalue weighted by Gasteiger charge is -2.34. The van der Waals surface area contributed by atoms with E-state index in [1.165, 1.54) is 62.7 Å². The Morgan fingerprint density at radius 2 is 1.85 bits per heavy atom. The smallest absolute Gasteiger partial charge is 0.0212 e. The zero-order valence-corrected chi connectivity index (χ0v) is 18.4. The number of hydrogen-bond acceptors (Lipinski definition) is 1. The van der Waals surface area contributed by atoms with Gasteiger partial charge in [-0.3, -0.25) is 0 Å². The van der Waals surface area contributed by atoms with E-state index in [9.17, 15) is 0 Å². The molecule has 7 unspecified atom stereocenters. The first-order chi connectivity index (χ1) is 12.6. The second-order valence-corrected chi connectivity index (χ2v) is 9.94. The summed E-state index contributed by atoms with van der Waals surface area (Å²) in [7, 11) is 0. The van der Waals surface area contributed by atoms with E-state index >= 15 is 0 Å². The Balaban J connectivity index is 1.61. The average Bonchev–Trinajstić information content (AvgIpc) is 3.27. The van der Waals surface area contributed by atoms with Crippen molar-refractivity contribution in [1.29, 1.82) is 0 Å². The highest BCUT2D eigenvalue weighted by molar-refractivity contribution is 7.80. The van der Waals surface area contributed by atoms with Gasteiger partial charge >= 0.3 is 0 Å². The van der Waals surface area contributed by atoms with Crippen molar-refractivity contribution in [1.82, 2.24) is 0 Å². The number of hydrogen-bond donors (Lipinski definition) is 0. The van der Waals surface area contributed by atoms with Crippen LogP contribution in [0.3, 0.4) is 0 Å². The Morgan fingerprint density at radius 3 is 2.58 bits per heavy atom. The lowest BCUT2D eigenvalue weighted by atomic mass is 9.70. The third-order valence-corrected chi connectivity index (χ3v) is 8.47. The van der Waals surface area contributed by atoms with Crippen LogP contribution in [0.15, 0.2) is 23.8 Å². The van der Waals surface area contributed by atoms with Gasteiger partial charge in [0.25, 0.3) is 0 Å². The maximum atomic E-state index is 6.05. The minimum absolute atomic E-state index is 0.575. The molecular formula is C25H40S. The van der Waals surface area contributed by atoms with E-state index in [4.69, 9.17) is 12.2 Å². The molecule has 0 aliphatic heterocycles. The van der Waals surface area contributed by atoms with E-state index in [1.54, 1.807) is 5.57 Å². The molecule has 0 aromatic carbocycles. The molecule has 7 atom stereocenters. The zero-order chi connectivity index (χ0) is 18.7. The first-order valence-corrected chi connectivity index (χ1v) is 11.9.